The van der Waals surface area contributed by atoms with Gasteiger partial charge in [-0.05, 0) is 27.3 Å². The van der Waals surface area contributed by atoms with Gasteiger partial charge in [0.25, 0.3) is 0 Å². The van der Waals surface area contributed by atoms with Crippen LogP contribution in [-0.2, 0) is 5.60 Å². The largest absolute Gasteiger partial charge is 0.493 e. The zero-order valence-electron chi connectivity index (χ0n) is 18.3. The summed E-state index contributed by atoms with van der Waals surface area (Å²) in [7, 11) is 3.27. The van der Waals surface area contributed by atoms with Crippen molar-refractivity contribution in [2.75, 3.05) is 26.0 Å². The molecule has 8 nitrogen and oxygen atoms in total. The normalized spacial score (nSPS) is 12.9. The third-order valence-electron chi connectivity index (χ3n) is 4.87. The smallest absolute Gasteiger partial charge is 0.168 e. The van der Waals surface area contributed by atoms with Crippen molar-refractivity contribution < 1.29 is 18.6 Å². The summed E-state index contributed by atoms with van der Waals surface area (Å²) in [6, 6.07) is 0.736. The average Bonchev–Trinajstić information content (AvgIpc) is 3.11. The number of ether oxygens (including phenoxy) is 1. The van der Waals surface area contributed by atoms with Crippen LogP contribution in [0, 0.1) is 11.6 Å². The highest BCUT2D eigenvalue weighted by Crippen LogP contribution is 2.32. The molecule has 0 aliphatic rings. The first-order chi connectivity index (χ1) is 14.7. The summed E-state index contributed by atoms with van der Waals surface area (Å²) in [5.74, 6) is -1.32. The minimum absolute atomic E-state index is 0.0410. The van der Waals surface area contributed by atoms with E-state index in [1.807, 2.05) is 14.0 Å². The molecule has 0 aliphatic heterocycles. The summed E-state index contributed by atoms with van der Waals surface area (Å²) >= 11 is 0. The second-order valence-corrected chi connectivity index (χ2v) is 7.88. The molecule has 3 rings (SSSR count). The molecule has 3 aromatic rings. The van der Waals surface area contributed by atoms with Gasteiger partial charge in [0.05, 0.1) is 25.1 Å². The number of nitrogens with one attached hydrogen (secondary N) is 2. The Balaban J connectivity index is 2.12. The van der Waals surface area contributed by atoms with E-state index in [2.05, 4.69) is 25.7 Å². The Hall–Kier alpha value is -2.85. The summed E-state index contributed by atoms with van der Waals surface area (Å²) in [5, 5.41) is 20.8. The number of methoxy groups -OCH3 is 1. The van der Waals surface area contributed by atoms with Gasteiger partial charge in [0.2, 0.25) is 0 Å². The number of rotatable bonds is 9. The summed E-state index contributed by atoms with van der Waals surface area (Å²) in [6.45, 7) is 5.77. The van der Waals surface area contributed by atoms with Crippen molar-refractivity contribution in [1.82, 2.24) is 24.9 Å². The number of anilines is 1. The van der Waals surface area contributed by atoms with Crippen molar-refractivity contribution in [2.24, 2.45) is 0 Å². The van der Waals surface area contributed by atoms with Gasteiger partial charge in [-0.3, -0.25) is 0 Å². The van der Waals surface area contributed by atoms with Gasteiger partial charge in [-0.2, -0.15) is 5.10 Å². The number of aromatic nitrogens is 4. The number of pyridine rings is 1. The Morgan fingerprint density at radius 2 is 2.00 bits per heavy atom. The van der Waals surface area contributed by atoms with E-state index in [4.69, 9.17) is 4.74 Å². The maximum Gasteiger partial charge on any atom is 0.168 e. The second kappa shape index (κ2) is 9.11. The highest BCUT2D eigenvalue weighted by molar-refractivity contribution is 5.76. The van der Waals surface area contributed by atoms with Crippen molar-refractivity contribution >= 4 is 11.5 Å². The lowest BCUT2D eigenvalue weighted by molar-refractivity contribution is 0.0707. The zero-order chi connectivity index (χ0) is 22.8. The van der Waals surface area contributed by atoms with Crippen LogP contribution in [0.5, 0.6) is 5.75 Å². The lowest BCUT2D eigenvalue weighted by atomic mass is 10.0. The molecule has 0 aliphatic carbocycles. The molecule has 0 saturated carbocycles. The molecule has 0 radical (unpaired) electrons. The molecule has 0 amide bonds. The van der Waals surface area contributed by atoms with Crippen LogP contribution in [0.1, 0.15) is 39.3 Å². The molecule has 0 spiro atoms. The van der Waals surface area contributed by atoms with Gasteiger partial charge in [-0.15, -0.1) is 0 Å². The van der Waals surface area contributed by atoms with Crippen LogP contribution in [0.4, 0.5) is 14.6 Å². The lowest BCUT2D eigenvalue weighted by Crippen LogP contribution is -2.31. The van der Waals surface area contributed by atoms with Crippen LogP contribution in [0.2, 0.25) is 0 Å². The second-order valence-electron chi connectivity index (χ2n) is 7.88. The number of hydrogen-bond donors (Lipinski definition) is 3. The summed E-state index contributed by atoms with van der Waals surface area (Å²) in [5.41, 5.74) is -0.590. The maximum atomic E-state index is 14.8. The number of likely N-dealkylation sites (N-methyl/N-ethyl adjacent to an activating group) is 1. The van der Waals surface area contributed by atoms with Gasteiger partial charge in [0, 0.05) is 18.7 Å². The molecule has 1 unspecified atom stereocenters. The zero-order valence-corrected chi connectivity index (χ0v) is 18.3. The number of hydrogen-bond acceptors (Lipinski definition) is 7. The lowest BCUT2D eigenvalue weighted by Gasteiger charge is -2.20. The van der Waals surface area contributed by atoms with E-state index >= 15 is 0 Å². The van der Waals surface area contributed by atoms with E-state index in [9.17, 15) is 13.9 Å². The summed E-state index contributed by atoms with van der Waals surface area (Å²) in [6.07, 6.45) is 4.64. The number of halogens is 2. The average molecular weight is 434 g/mol. The molecule has 3 N–H and O–H groups in total. The van der Waals surface area contributed by atoms with E-state index in [1.54, 1.807) is 20.0 Å². The van der Waals surface area contributed by atoms with E-state index in [0.29, 0.717) is 12.3 Å². The van der Waals surface area contributed by atoms with Crippen LogP contribution in [-0.4, -0.2) is 51.4 Å². The Bertz CT molecular complexity index is 1060. The third-order valence-corrected chi connectivity index (χ3v) is 4.87. The number of fused-ring (bicyclic) bond motifs is 1. The first kappa shape index (κ1) is 22.8. The predicted molar refractivity (Wildman–Crippen MR) is 114 cm³/mol. The number of nitrogens with zero attached hydrogens (tertiary/aromatic N) is 4. The Labute approximate surface area is 179 Å². The van der Waals surface area contributed by atoms with Crippen LogP contribution in [0.25, 0.3) is 16.9 Å². The molecule has 0 bridgehead atoms. The third kappa shape index (κ3) is 4.75. The molecule has 3 aromatic heterocycles. The van der Waals surface area contributed by atoms with Crippen molar-refractivity contribution in [3.8, 4) is 17.0 Å². The number of aliphatic hydroxyl groups is 1. The minimum Gasteiger partial charge on any atom is -0.493 e. The molecular formula is C21H28F2N6O2. The molecule has 0 fully saturated rings. The first-order valence-electron chi connectivity index (χ1n) is 10.1. The van der Waals surface area contributed by atoms with E-state index in [-0.39, 0.29) is 34.5 Å². The minimum atomic E-state index is -1.31. The van der Waals surface area contributed by atoms with Crippen LogP contribution in [0.15, 0.2) is 18.5 Å². The SMILES string of the molecule is CCCC(CNC)Nc1nc(-c2cnn3cc(OC)c(C(C)(C)O)nc23)c(F)cc1F. The first-order valence-corrected chi connectivity index (χ1v) is 10.1. The fourth-order valence-corrected chi connectivity index (χ4v) is 3.42. The Morgan fingerprint density at radius 3 is 2.61 bits per heavy atom. The van der Waals surface area contributed by atoms with Crippen LogP contribution >= 0.6 is 0 Å². The molecule has 0 aromatic carbocycles. The van der Waals surface area contributed by atoms with E-state index < -0.39 is 17.2 Å². The van der Waals surface area contributed by atoms with E-state index in [0.717, 1.165) is 18.9 Å². The topological polar surface area (TPSA) is 96.6 Å². The summed E-state index contributed by atoms with van der Waals surface area (Å²) < 4.78 is 35.9. The molecule has 10 heteroatoms. The monoisotopic (exact) mass is 434 g/mol. The predicted octanol–water partition coefficient (Wildman–Crippen LogP) is 3.11. The van der Waals surface area contributed by atoms with Gasteiger partial charge >= 0.3 is 0 Å². The fourth-order valence-electron chi connectivity index (χ4n) is 3.42. The highest BCUT2D eigenvalue weighted by Gasteiger charge is 2.26. The highest BCUT2D eigenvalue weighted by atomic mass is 19.1. The van der Waals surface area contributed by atoms with Crippen LogP contribution < -0.4 is 15.4 Å². The summed E-state index contributed by atoms with van der Waals surface area (Å²) in [4.78, 5) is 8.69. The van der Waals surface area contributed by atoms with Gasteiger partial charge in [0.1, 0.15) is 17.0 Å². The molecule has 3 heterocycles. The van der Waals surface area contributed by atoms with Gasteiger partial charge < -0.3 is 20.5 Å². The maximum absolute atomic E-state index is 14.8. The molecular weight excluding hydrogens is 406 g/mol. The molecule has 31 heavy (non-hydrogen) atoms. The van der Waals surface area contributed by atoms with Gasteiger partial charge in [-0.1, -0.05) is 13.3 Å². The quantitative estimate of drug-likeness (QED) is 0.476. The Kier molecular flexibility index (Phi) is 6.71. The van der Waals surface area contributed by atoms with Crippen LogP contribution in [0.3, 0.4) is 0 Å². The van der Waals surface area contributed by atoms with E-state index in [1.165, 1.54) is 17.8 Å². The Morgan fingerprint density at radius 1 is 1.26 bits per heavy atom. The van der Waals surface area contributed by atoms with Crippen molar-refractivity contribution in [2.45, 2.75) is 45.3 Å². The standard InChI is InChI=1S/C21H28F2N6O2/c1-6-7-12(9-24-4)26-19-15(23)8-14(22)17(27-19)13-10-25-29-11-16(31-5)18(21(2,3)30)28-20(13)29/h8,10-12,24,30H,6-7,9H2,1-5H3,(H,26,27). The fraction of sp³-hybridized carbons (Fsp3) is 0.476. The van der Waals surface area contributed by atoms with Crippen molar-refractivity contribution in [3.63, 3.8) is 0 Å². The van der Waals surface area contributed by atoms with Crippen molar-refractivity contribution in [3.05, 3.63) is 35.8 Å². The molecule has 168 valence electrons. The van der Waals surface area contributed by atoms with Gasteiger partial charge in [0.15, 0.2) is 28.8 Å². The van der Waals surface area contributed by atoms with Gasteiger partial charge in [-0.25, -0.2) is 23.3 Å². The molecule has 0 saturated heterocycles. The van der Waals surface area contributed by atoms with Crippen molar-refractivity contribution in [1.29, 1.82) is 0 Å². The molecule has 1 atom stereocenters.